The molecule has 4 heterocycles. The second-order valence-corrected chi connectivity index (χ2v) is 21.9. The average molecular weight is 867 g/mol. The van der Waals surface area contributed by atoms with E-state index in [1.165, 1.54) is 19.0 Å². The fourth-order valence-electron chi connectivity index (χ4n) is 8.26. The van der Waals surface area contributed by atoms with Crippen molar-refractivity contribution in [2.45, 2.75) is 142 Å². The molecule has 3 aliphatic rings. The zero-order valence-corrected chi connectivity index (χ0v) is 38.4. The number of para-hydroxylation sites is 1. The number of allylic oxidation sites excluding steroid dienone is 2. The zero-order chi connectivity index (χ0) is 43.9. The first-order chi connectivity index (χ1) is 28.0. The number of nitrogens with one attached hydrogen (secondary N) is 1. The van der Waals surface area contributed by atoms with Crippen LogP contribution in [0.5, 0.6) is 6.01 Å². The largest absolute Gasteiger partial charge is 0.460 e. The molecule has 1 saturated carbocycles. The lowest BCUT2D eigenvalue weighted by Crippen LogP contribution is -2.47. The van der Waals surface area contributed by atoms with Gasteiger partial charge in [0, 0.05) is 55.3 Å². The quantitative estimate of drug-likeness (QED) is 0.172. The van der Waals surface area contributed by atoms with E-state index >= 15 is 0 Å². The fourth-order valence-corrected chi connectivity index (χ4v) is 9.96. The van der Waals surface area contributed by atoms with Crippen molar-refractivity contribution < 1.29 is 37.1 Å². The van der Waals surface area contributed by atoms with Crippen LogP contribution in [0, 0.1) is 17.3 Å². The van der Waals surface area contributed by atoms with Gasteiger partial charge in [-0.3, -0.25) is 23.7 Å². The second kappa shape index (κ2) is 17.3. The minimum atomic E-state index is -4.13. The molecular formula is C44H62N6O8S2. The van der Waals surface area contributed by atoms with Gasteiger partial charge in [-0.1, -0.05) is 51.8 Å². The summed E-state index contributed by atoms with van der Waals surface area (Å²) in [5, 5.41) is 2.91. The van der Waals surface area contributed by atoms with E-state index in [-0.39, 0.29) is 54.9 Å². The van der Waals surface area contributed by atoms with E-state index in [0.717, 1.165) is 50.9 Å². The Hall–Kier alpha value is -4.15. The van der Waals surface area contributed by atoms with Gasteiger partial charge in [-0.15, -0.1) is 11.3 Å². The van der Waals surface area contributed by atoms with Crippen LogP contribution in [-0.4, -0.2) is 94.1 Å². The van der Waals surface area contributed by atoms with Crippen LogP contribution >= 0.6 is 11.3 Å². The highest BCUT2D eigenvalue weighted by atomic mass is 32.2. The molecule has 1 N–H and O–H groups in total. The third kappa shape index (κ3) is 9.97. The Balaban J connectivity index is 1.36. The van der Waals surface area contributed by atoms with Gasteiger partial charge in [0.15, 0.2) is 5.78 Å². The van der Waals surface area contributed by atoms with Crippen LogP contribution in [0.4, 0.5) is 0 Å². The van der Waals surface area contributed by atoms with E-state index in [2.05, 4.69) is 30.9 Å². The molecule has 5 atom stereocenters. The molecule has 2 amide bonds. The molecule has 328 valence electrons. The van der Waals surface area contributed by atoms with Crippen LogP contribution in [0.3, 0.4) is 0 Å². The van der Waals surface area contributed by atoms with Gasteiger partial charge >= 0.3 is 16.2 Å². The van der Waals surface area contributed by atoms with Crippen molar-refractivity contribution in [3.05, 3.63) is 41.4 Å². The van der Waals surface area contributed by atoms with E-state index in [1.54, 1.807) is 32.1 Å². The van der Waals surface area contributed by atoms with Crippen LogP contribution in [-0.2, 0) is 39.5 Å². The van der Waals surface area contributed by atoms with Gasteiger partial charge in [-0.25, -0.2) is 9.71 Å². The number of esters is 1. The number of fused-ring (bicyclic) bond motifs is 3. The molecule has 0 radical (unpaired) electrons. The van der Waals surface area contributed by atoms with Crippen LogP contribution in [0.2, 0.25) is 0 Å². The van der Waals surface area contributed by atoms with Crippen molar-refractivity contribution >= 4 is 56.1 Å². The first kappa shape index (κ1) is 45.4. The molecule has 0 spiro atoms. The highest BCUT2D eigenvalue weighted by molar-refractivity contribution is 7.87. The van der Waals surface area contributed by atoms with Crippen molar-refractivity contribution in [2.75, 3.05) is 20.6 Å². The fraction of sp³-hybridized carbons (Fsp3) is 0.636. The summed E-state index contributed by atoms with van der Waals surface area (Å²) in [6, 6.07) is 5.25. The molecule has 60 heavy (non-hydrogen) atoms. The van der Waals surface area contributed by atoms with Crippen LogP contribution < -0.4 is 9.46 Å². The summed E-state index contributed by atoms with van der Waals surface area (Å²) < 4.78 is 43.2. The number of ketones is 1. The minimum Gasteiger partial charge on any atom is -0.460 e. The van der Waals surface area contributed by atoms with Crippen molar-refractivity contribution in [1.82, 2.24) is 28.5 Å². The summed E-state index contributed by atoms with van der Waals surface area (Å²) in [4.78, 5) is 68.1. The van der Waals surface area contributed by atoms with Crippen LogP contribution in [0.15, 0.2) is 35.7 Å². The standard InChI is InChI=1S/C44H62N6O8S2/c1-27(2)50-32-20-16-19-31(38-45-35(26-59-38)42(3,4)5)37(32)46-41(50)57-30-22-33-34(51)24-44(40(54)47-60(55,56)48(9)10)23-29(44)18-15-13-11-12-14-17-28(39(53)49(33)25-30)21-36(52)58-43(6,7)8/h15-16,18-20,26-30,33H,11-14,17,21-25H2,1-10H3,(H,47,54)/b18-15-/t28-,29-,30-,33+,44-/m1/s1. The Morgan fingerprint density at radius 2 is 1.80 bits per heavy atom. The van der Waals surface area contributed by atoms with Crippen LogP contribution in [0.1, 0.15) is 125 Å². The first-order valence-corrected chi connectivity index (χ1v) is 23.4. The summed E-state index contributed by atoms with van der Waals surface area (Å²) in [6.07, 6.45) is 6.72. The van der Waals surface area contributed by atoms with Gasteiger partial charge in [0.1, 0.15) is 22.2 Å². The van der Waals surface area contributed by atoms with E-state index in [4.69, 9.17) is 19.4 Å². The number of amides is 2. The SMILES string of the molecule is CC(C)n1c(O[C@@H]2C[C@H]3C(=O)C[C@]4(C(=O)NS(=O)(=O)N(C)C)C[C@H]4/C=C\CCCCC[C@H](CC(=O)OC(C)(C)C)C(=O)N3C2)nc2c(-c3nc(C(C)(C)C)cs3)cccc21. The highest BCUT2D eigenvalue weighted by Gasteiger charge is 2.61. The summed E-state index contributed by atoms with van der Waals surface area (Å²) in [7, 11) is -1.49. The number of carbonyl (C=O) groups is 4. The van der Waals surface area contributed by atoms with Crippen molar-refractivity contribution in [3.8, 4) is 16.6 Å². The molecule has 3 aromatic rings. The number of nitrogens with zero attached hydrogens (tertiary/aromatic N) is 5. The molecule has 1 saturated heterocycles. The van der Waals surface area contributed by atoms with Crippen molar-refractivity contribution in [3.63, 3.8) is 0 Å². The Kier molecular flexibility index (Phi) is 13.1. The number of Topliss-reactive ketones (excluding diaryl/α,β-unsaturated/α-hetero) is 1. The monoisotopic (exact) mass is 866 g/mol. The molecule has 1 aromatic carbocycles. The number of hydrogen-bond acceptors (Lipinski definition) is 11. The Bertz CT molecular complexity index is 2250. The number of benzene rings is 1. The van der Waals surface area contributed by atoms with E-state index in [9.17, 15) is 27.6 Å². The van der Waals surface area contributed by atoms with Crippen molar-refractivity contribution in [1.29, 1.82) is 0 Å². The molecule has 6 rings (SSSR count). The molecule has 0 unspecified atom stereocenters. The number of thiazole rings is 1. The topological polar surface area (TPSA) is 170 Å². The molecule has 16 heteroatoms. The molecule has 2 aromatic heterocycles. The lowest BCUT2D eigenvalue weighted by atomic mass is 9.90. The number of hydrogen-bond donors (Lipinski definition) is 1. The third-order valence-corrected chi connectivity index (χ3v) is 13.9. The Morgan fingerprint density at radius 3 is 2.45 bits per heavy atom. The summed E-state index contributed by atoms with van der Waals surface area (Å²) >= 11 is 1.56. The molecule has 2 fully saturated rings. The van der Waals surface area contributed by atoms with Gasteiger partial charge in [-0.05, 0) is 78.4 Å². The van der Waals surface area contributed by atoms with Gasteiger partial charge in [0.05, 0.1) is 35.6 Å². The number of rotatable bonds is 9. The number of aromatic nitrogens is 3. The first-order valence-electron chi connectivity index (χ1n) is 21.1. The normalized spacial score (nSPS) is 25.1. The Labute approximate surface area is 358 Å². The van der Waals surface area contributed by atoms with E-state index < -0.39 is 51.2 Å². The highest BCUT2D eigenvalue weighted by Crippen LogP contribution is 2.57. The van der Waals surface area contributed by atoms with Crippen molar-refractivity contribution in [2.24, 2.45) is 17.3 Å². The molecule has 2 aliphatic heterocycles. The zero-order valence-electron chi connectivity index (χ0n) is 36.7. The van der Waals surface area contributed by atoms with E-state index in [1.807, 2.05) is 48.8 Å². The molecule has 14 nitrogen and oxygen atoms in total. The summed E-state index contributed by atoms with van der Waals surface area (Å²) in [5.74, 6) is -3.05. The maximum atomic E-state index is 14.8. The maximum absolute atomic E-state index is 14.8. The second-order valence-electron chi connectivity index (χ2n) is 19.2. The van der Waals surface area contributed by atoms with Gasteiger partial charge in [-0.2, -0.15) is 17.7 Å². The maximum Gasteiger partial charge on any atom is 0.307 e. The number of imidazole rings is 1. The predicted molar refractivity (Wildman–Crippen MR) is 232 cm³/mol. The number of ether oxygens (including phenoxy) is 2. The summed E-state index contributed by atoms with van der Waals surface area (Å²) in [6.45, 7) is 15.8. The predicted octanol–water partition coefficient (Wildman–Crippen LogP) is 7.14. The van der Waals surface area contributed by atoms with Gasteiger partial charge in [0.2, 0.25) is 11.8 Å². The lowest BCUT2D eigenvalue weighted by molar-refractivity contribution is -0.159. The van der Waals surface area contributed by atoms with Gasteiger partial charge < -0.3 is 14.4 Å². The lowest BCUT2D eigenvalue weighted by Gasteiger charge is -2.29. The number of carbonyl (C=O) groups excluding carboxylic acids is 4. The molecule has 1 aliphatic carbocycles. The Morgan fingerprint density at radius 1 is 1.07 bits per heavy atom. The van der Waals surface area contributed by atoms with Gasteiger partial charge in [0.25, 0.3) is 6.01 Å². The molecule has 0 bridgehead atoms. The smallest absolute Gasteiger partial charge is 0.307 e. The minimum absolute atomic E-state index is 0.0488. The average Bonchev–Trinajstić information content (AvgIpc) is 3.51. The molecular weight excluding hydrogens is 805 g/mol. The summed E-state index contributed by atoms with van der Waals surface area (Å²) in [5.41, 5.74) is 1.27. The van der Waals surface area contributed by atoms with Crippen LogP contribution in [0.25, 0.3) is 21.6 Å². The van der Waals surface area contributed by atoms with E-state index in [0.29, 0.717) is 25.3 Å². The third-order valence-electron chi connectivity index (χ3n) is 11.6.